The first-order valence-corrected chi connectivity index (χ1v) is 13.8. The summed E-state index contributed by atoms with van der Waals surface area (Å²) in [5.41, 5.74) is 9.18. The van der Waals surface area contributed by atoms with Gasteiger partial charge in [0.2, 0.25) is 0 Å². The van der Waals surface area contributed by atoms with Gasteiger partial charge in [0.05, 0.1) is 11.4 Å². The molecule has 0 amide bonds. The van der Waals surface area contributed by atoms with Gasteiger partial charge in [0.25, 0.3) is 0 Å². The van der Waals surface area contributed by atoms with E-state index in [1.807, 2.05) is 48.5 Å². The molecule has 4 heteroatoms. The Balaban J connectivity index is 0.00000387. The minimum absolute atomic E-state index is 0. The van der Waals surface area contributed by atoms with E-state index in [2.05, 4.69) is 113 Å². The molecule has 41 heavy (non-hydrogen) atoms. The summed E-state index contributed by atoms with van der Waals surface area (Å²) in [6, 6.07) is 37.1. The van der Waals surface area contributed by atoms with Gasteiger partial charge in [-0.2, -0.15) is 18.6 Å². The smallest absolute Gasteiger partial charge is 0.313 e. The molecule has 2 heterocycles. The summed E-state index contributed by atoms with van der Waals surface area (Å²) in [6.45, 7) is 17.8. The maximum absolute atomic E-state index is 5.13. The zero-order valence-electron chi connectivity index (χ0n) is 24.7. The van der Waals surface area contributed by atoms with E-state index < -0.39 is 0 Å². The molecular formula is C37H37N3Pt. The molecule has 0 saturated carbocycles. The van der Waals surface area contributed by atoms with Gasteiger partial charge in [0, 0.05) is 11.9 Å². The van der Waals surface area contributed by atoms with Crippen molar-refractivity contribution < 1.29 is 21.1 Å². The van der Waals surface area contributed by atoms with Gasteiger partial charge < -0.3 is 4.90 Å². The molecule has 0 N–H and O–H groups in total. The van der Waals surface area contributed by atoms with Crippen molar-refractivity contribution in [1.29, 1.82) is 0 Å². The van der Waals surface area contributed by atoms with E-state index >= 15 is 0 Å². The Hall–Kier alpha value is -3.68. The first-order valence-electron chi connectivity index (χ1n) is 13.8. The molecule has 2 aromatic heterocycles. The monoisotopic (exact) mass is 718 g/mol. The quantitative estimate of drug-likeness (QED) is 0.170. The summed E-state index contributed by atoms with van der Waals surface area (Å²) < 4.78 is 0. The first-order chi connectivity index (χ1) is 19.0. The Labute approximate surface area is 260 Å². The third-order valence-electron chi connectivity index (χ3n) is 7.13. The molecule has 0 unspecified atom stereocenters. The molecule has 0 radical (unpaired) electrons. The van der Waals surface area contributed by atoms with Crippen molar-refractivity contribution in [3.8, 4) is 22.5 Å². The van der Waals surface area contributed by atoms with Crippen LogP contribution in [-0.4, -0.2) is 9.97 Å². The second-order valence-electron chi connectivity index (χ2n) is 12.3. The molecule has 5 rings (SSSR count). The van der Waals surface area contributed by atoms with E-state index in [1.54, 1.807) is 6.20 Å². The second-order valence-corrected chi connectivity index (χ2v) is 12.3. The van der Waals surface area contributed by atoms with E-state index in [1.165, 1.54) is 11.1 Å². The van der Waals surface area contributed by atoms with E-state index in [0.29, 0.717) is 0 Å². The maximum atomic E-state index is 5.13. The number of anilines is 3. The summed E-state index contributed by atoms with van der Waals surface area (Å²) in [7, 11) is 0. The van der Waals surface area contributed by atoms with Gasteiger partial charge in [-0.1, -0.05) is 71.9 Å². The minimum Gasteiger partial charge on any atom is -0.313 e. The van der Waals surface area contributed by atoms with Gasteiger partial charge >= 0.3 is 21.1 Å². The van der Waals surface area contributed by atoms with Crippen LogP contribution in [0.4, 0.5) is 17.2 Å². The fraction of sp³-hybridized carbons (Fsp3) is 0.216. The van der Waals surface area contributed by atoms with Gasteiger partial charge in [-0.05, 0) is 64.0 Å². The van der Waals surface area contributed by atoms with Gasteiger partial charge in [0.15, 0.2) is 0 Å². The van der Waals surface area contributed by atoms with Crippen molar-refractivity contribution in [2.45, 2.75) is 52.4 Å². The molecule has 3 nitrogen and oxygen atoms in total. The van der Waals surface area contributed by atoms with Crippen LogP contribution in [0.2, 0.25) is 0 Å². The first kappa shape index (κ1) is 30.3. The molecule has 0 bridgehead atoms. The molecule has 210 valence electrons. The van der Waals surface area contributed by atoms with Crippen molar-refractivity contribution in [2.75, 3.05) is 4.90 Å². The molecule has 5 aromatic rings. The van der Waals surface area contributed by atoms with Crippen LogP contribution in [-0.2, 0) is 31.9 Å². The SMILES string of the molecule is [CH2-]c1ccccc1-c1[c-]c(N(c2cc(C(C)(C)C)cc(C(C)(C)C)c2)c2cccc(-c3ccccn3)n2)ccc1.[Pt+2]. The second kappa shape index (κ2) is 12.0. The van der Waals surface area contributed by atoms with Crippen molar-refractivity contribution >= 4 is 17.2 Å². The Bertz CT molecular complexity index is 1600. The molecule has 0 atom stereocenters. The van der Waals surface area contributed by atoms with Crippen LogP contribution < -0.4 is 4.90 Å². The van der Waals surface area contributed by atoms with Crippen LogP contribution in [0, 0.1) is 13.0 Å². The Kier molecular flexibility index (Phi) is 8.90. The predicted molar refractivity (Wildman–Crippen MR) is 168 cm³/mol. The van der Waals surface area contributed by atoms with Crippen LogP contribution >= 0.6 is 0 Å². The van der Waals surface area contributed by atoms with E-state index in [0.717, 1.165) is 45.3 Å². The number of hydrogen-bond donors (Lipinski definition) is 0. The molecule has 0 aliphatic carbocycles. The molecule has 3 aromatic carbocycles. The molecule has 0 fully saturated rings. The van der Waals surface area contributed by atoms with Crippen molar-refractivity contribution in [2.24, 2.45) is 0 Å². The van der Waals surface area contributed by atoms with Gasteiger partial charge in [0.1, 0.15) is 5.82 Å². The largest absolute Gasteiger partial charge is 2.00 e. The standard InChI is InChI=1S/C37H37N3.Pt/c1-26-14-8-9-17-32(26)27-15-12-16-30(22-27)40(35-20-13-19-34(39-35)33-18-10-11-21-38-33)31-24-28(36(2,3)4)23-29(25-31)37(5,6)7;/h8-21,23-25H,1H2,2-7H3;/q-2;+2. The number of rotatable bonds is 5. The summed E-state index contributed by atoms with van der Waals surface area (Å²) in [5.74, 6) is 0.811. The van der Waals surface area contributed by atoms with Crippen LogP contribution in [0.5, 0.6) is 0 Å². The van der Waals surface area contributed by atoms with Gasteiger partial charge in [-0.25, -0.2) is 4.98 Å². The van der Waals surface area contributed by atoms with E-state index in [9.17, 15) is 0 Å². The summed E-state index contributed by atoms with van der Waals surface area (Å²) in [5, 5.41) is 0. The molecule has 0 saturated heterocycles. The zero-order chi connectivity index (χ0) is 28.5. The average Bonchev–Trinajstić information content (AvgIpc) is 2.93. The molecule has 0 aliphatic rings. The van der Waals surface area contributed by atoms with Crippen molar-refractivity contribution in [1.82, 2.24) is 9.97 Å². The summed E-state index contributed by atoms with van der Waals surface area (Å²) >= 11 is 0. The number of pyridine rings is 2. The van der Waals surface area contributed by atoms with E-state index in [-0.39, 0.29) is 31.9 Å². The maximum Gasteiger partial charge on any atom is 2.00 e. The Morgan fingerprint density at radius 1 is 0.683 bits per heavy atom. The van der Waals surface area contributed by atoms with Crippen LogP contribution in [0.15, 0.2) is 103 Å². The average molecular weight is 719 g/mol. The Morgan fingerprint density at radius 3 is 1.95 bits per heavy atom. The third kappa shape index (κ3) is 6.80. The third-order valence-corrected chi connectivity index (χ3v) is 7.13. The number of aromatic nitrogens is 2. The number of nitrogens with zero attached hydrogens (tertiary/aromatic N) is 3. The fourth-order valence-corrected chi connectivity index (χ4v) is 4.73. The predicted octanol–water partition coefficient (Wildman–Crippen LogP) is 9.86. The van der Waals surface area contributed by atoms with Gasteiger partial charge in [-0.15, -0.1) is 41.5 Å². The van der Waals surface area contributed by atoms with Crippen molar-refractivity contribution in [3.63, 3.8) is 0 Å². The minimum atomic E-state index is -0.0245. The van der Waals surface area contributed by atoms with Crippen molar-refractivity contribution in [3.05, 3.63) is 133 Å². The normalized spacial score (nSPS) is 11.6. The topological polar surface area (TPSA) is 29.0 Å². The summed E-state index contributed by atoms with van der Waals surface area (Å²) in [4.78, 5) is 11.9. The zero-order valence-corrected chi connectivity index (χ0v) is 27.0. The molecular weight excluding hydrogens is 682 g/mol. The number of benzene rings is 3. The van der Waals surface area contributed by atoms with E-state index in [4.69, 9.17) is 4.98 Å². The van der Waals surface area contributed by atoms with Crippen LogP contribution in [0.3, 0.4) is 0 Å². The summed E-state index contributed by atoms with van der Waals surface area (Å²) in [6.07, 6.45) is 1.80. The number of hydrogen-bond acceptors (Lipinski definition) is 3. The van der Waals surface area contributed by atoms with Crippen LogP contribution in [0.1, 0.15) is 58.2 Å². The van der Waals surface area contributed by atoms with Gasteiger partial charge in [-0.3, -0.25) is 4.98 Å². The Morgan fingerprint density at radius 2 is 1.32 bits per heavy atom. The van der Waals surface area contributed by atoms with Crippen LogP contribution in [0.25, 0.3) is 22.5 Å². The fourth-order valence-electron chi connectivity index (χ4n) is 4.73. The molecule has 0 aliphatic heterocycles. The molecule has 0 spiro atoms.